The van der Waals surface area contributed by atoms with Crippen LogP contribution in [-0.4, -0.2) is 87.5 Å². The number of nitrogens with two attached hydrogens (primary N) is 1. The van der Waals surface area contributed by atoms with Crippen molar-refractivity contribution < 1.29 is 34.2 Å². The van der Waals surface area contributed by atoms with E-state index in [1.807, 2.05) is 20.1 Å². The van der Waals surface area contributed by atoms with Crippen LogP contribution >= 0.6 is 11.8 Å². The summed E-state index contributed by atoms with van der Waals surface area (Å²) in [5, 5.41) is 23.5. The SMILES string of the molecule is CSCCC(NC(=O)C(CCC(=O)O)NC(=O)C(N)CC(C)C)C(=O)N1CCCC1C(=O)O. The summed E-state index contributed by atoms with van der Waals surface area (Å²) in [6, 6.07) is -3.98. The molecule has 12 heteroatoms. The van der Waals surface area contributed by atoms with Gasteiger partial charge in [-0.15, -0.1) is 0 Å². The summed E-state index contributed by atoms with van der Waals surface area (Å²) in [5.41, 5.74) is 5.88. The molecule has 1 heterocycles. The van der Waals surface area contributed by atoms with Crippen LogP contribution in [0.3, 0.4) is 0 Å². The molecule has 1 saturated heterocycles. The lowest BCUT2D eigenvalue weighted by Gasteiger charge is -2.29. The number of rotatable bonds is 14. The van der Waals surface area contributed by atoms with Crippen molar-refractivity contribution in [1.29, 1.82) is 0 Å². The van der Waals surface area contributed by atoms with E-state index in [4.69, 9.17) is 10.8 Å². The van der Waals surface area contributed by atoms with Gasteiger partial charge in [-0.2, -0.15) is 11.8 Å². The Morgan fingerprint density at radius 1 is 1.06 bits per heavy atom. The zero-order valence-electron chi connectivity index (χ0n) is 19.4. The maximum Gasteiger partial charge on any atom is 0.326 e. The van der Waals surface area contributed by atoms with Crippen molar-refractivity contribution in [2.75, 3.05) is 18.6 Å². The number of carbonyl (C=O) groups excluding carboxylic acids is 3. The van der Waals surface area contributed by atoms with Crippen LogP contribution in [0, 0.1) is 5.92 Å². The van der Waals surface area contributed by atoms with Gasteiger partial charge in [-0.25, -0.2) is 4.79 Å². The Kier molecular flexibility index (Phi) is 12.2. The fraction of sp³-hybridized carbons (Fsp3) is 0.762. The molecule has 11 nitrogen and oxygen atoms in total. The Bertz CT molecular complexity index is 719. The molecule has 0 bridgehead atoms. The van der Waals surface area contributed by atoms with E-state index in [-0.39, 0.29) is 31.7 Å². The van der Waals surface area contributed by atoms with Gasteiger partial charge in [0.05, 0.1) is 6.04 Å². The molecule has 0 radical (unpaired) electrons. The Hall–Kier alpha value is -2.34. The van der Waals surface area contributed by atoms with Crippen LogP contribution in [0.25, 0.3) is 0 Å². The highest BCUT2D eigenvalue weighted by molar-refractivity contribution is 7.98. The quantitative estimate of drug-likeness (QED) is 0.225. The molecule has 3 amide bonds. The van der Waals surface area contributed by atoms with E-state index in [9.17, 15) is 29.1 Å². The number of hydrogen-bond acceptors (Lipinski definition) is 7. The van der Waals surface area contributed by atoms with Crippen molar-refractivity contribution in [3.8, 4) is 0 Å². The summed E-state index contributed by atoms with van der Waals surface area (Å²) in [6.07, 6.45) is 2.85. The third-order valence-corrected chi connectivity index (χ3v) is 6.03. The molecule has 6 N–H and O–H groups in total. The van der Waals surface area contributed by atoms with Crippen molar-refractivity contribution >= 4 is 41.4 Å². The van der Waals surface area contributed by atoms with Crippen molar-refractivity contribution in [3.63, 3.8) is 0 Å². The molecule has 1 rings (SSSR count). The molecule has 4 unspecified atom stereocenters. The van der Waals surface area contributed by atoms with E-state index >= 15 is 0 Å². The maximum atomic E-state index is 13.1. The van der Waals surface area contributed by atoms with Crippen molar-refractivity contribution in [1.82, 2.24) is 15.5 Å². The zero-order valence-corrected chi connectivity index (χ0v) is 20.2. The molecule has 0 aromatic heterocycles. The number of hydrogen-bond donors (Lipinski definition) is 5. The maximum absolute atomic E-state index is 13.1. The van der Waals surface area contributed by atoms with E-state index in [1.54, 1.807) is 0 Å². The minimum Gasteiger partial charge on any atom is -0.481 e. The zero-order chi connectivity index (χ0) is 25.1. The van der Waals surface area contributed by atoms with E-state index in [0.29, 0.717) is 25.0 Å². The van der Waals surface area contributed by atoms with Crippen molar-refractivity contribution in [3.05, 3.63) is 0 Å². The molecule has 33 heavy (non-hydrogen) atoms. The Morgan fingerprint density at radius 2 is 1.70 bits per heavy atom. The van der Waals surface area contributed by atoms with Crippen molar-refractivity contribution in [2.45, 2.75) is 76.5 Å². The molecule has 0 saturated carbocycles. The summed E-state index contributed by atoms with van der Waals surface area (Å²) in [7, 11) is 0. The van der Waals surface area contributed by atoms with Crippen LogP contribution in [0.1, 0.15) is 52.4 Å². The highest BCUT2D eigenvalue weighted by Crippen LogP contribution is 2.20. The third-order valence-electron chi connectivity index (χ3n) is 5.39. The average molecular weight is 489 g/mol. The van der Waals surface area contributed by atoms with Crippen LogP contribution in [0.15, 0.2) is 0 Å². The van der Waals surface area contributed by atoms with Gasteiger partial charge in [-0.05, 0) is 50.0 Å². The first-order chi connectivity index (χ1) is 15.5. The molecule has 0 spiro atoms. The fourth-order valence-corrected chi connectivity index (χ4v) is 4.15. The van der Waals surface area contributed by atoms with Crippen LogP contribution in [0.5, 0.6) is 0 Å². The Labute approximate surface area is 198 Å². The van der Waals surface area contributed by atoms with Crippen LogP contribution in [0.4, 0.5) is 0 Å². The molecule has 1 aliphatic heterocycles. The molecular formula is C21H36N4O7S. The lowest BCUT2D eigenvalue weighted by Crippen LogP contribution is -2.57. The number of carbonyl (C=O) groups is 5. The second-order valence-electron chi connectivity index (χ2n) is 8.60. The third kappa shape index (κ3) is 9.58. The molecule has 1 aliphatic rings. The number of amides is 3. The summed E-state index contributed by atoms with van der Waals surface area (Å²) in [6.45, 7) is 4.07. The lowest BCUT2D eigenvalue weighted by molar-refractivity contribution is -0.149. The number of aliphatic carboxylic acids is 2. The van der Waals surface area contributed by atoms with Gasteiger partial charge in [0.1, 0.15) is 18.1 Å². The van der Waals surface area contributed by atoms with Gasteiger partial charge in [0.25, 0.3) is 0 Å². The van der Waals surface area contributed by atoms with E-state index in [0.717, 1.165) is 0 Å². The Morgan fingerprint density at radius 3 is 2.24 bits per heavy atom. The molecular weight excluding hydrogens is 452 g/mol. The molecule has 1 fully saturated rings. The number of likely N-dealkylation sites (tertiary alicyclic amines) is 1. The first-order valence-corrected chi connectivity index (χ1v) is 12.5. The fourth-order valence-electron chi connectivity index (χ4n) is 3.68. The van der Waals surface area contributed by atoms with E-state index in [2.05, 4.69) is 10.6 Å². The van der Waals surface area contributed by atoms with E-state index in [1.165, 1.54) is 16.7 Å². The monoisotopic (exact) mass is 488 g/mol. The van der Waals surface area contributed by atoms with Gasteiger partial charge in [-0.1, -0.05) is 13.8 Å². The highest BCUT2D eigenvalue weighted by Gasteiger charge is 2.38. The second-order valence-corrected chi connectivity index (χ2v) is 9.59. The number of thioether (sulfide) groups is 1. The Balaban J connectivity index is 2.98. The average Bonchev–Trinajstić information content (AvgIpc) is 3.22. The van der Waals surface area contributed by atoms with Gasteiger partial charge in [0.15, 0.2) is 0 Å². The minimum absolute atomic E-state index is 0.147. The van der Waals surface area contributed by atoms with Crippen LogP contribution in [0.2, 0.25) is 0 Å². The molecule has 188 valence electrons. The molecule has 0 aliphatic carbocycles. The predicted octanol–water partition coefficient (Wildman–Crippen LogP) is 0.0229. The van der Waals surface area contributed by atoms with Gasteiger partial charge in [-0.3, -0.25) is 19.2 Å². The largest absolute Gasteiger partial charge is 0.481 e. The van der Waals surface area contributed by atoms with Crippen LogP contribution < -0.4 is 16.4 Å². The predicted molar refractivity (Wildman–Crippen MR) is 124 cm³/mol. The standard InChI is InChI=1S/C21H36N4O7S/c1-12(2)11-13(22)18(28)23-14(6-7-17(26)27)19(29)24-15(8-10-33-3)20(30)25-9-4-5-16(25)21(31)32/h12-16H,4-11,22H2,1-3H3,(H,23,28)(H,24,29)(H,26,27)(H,31,32). The summed E-state index contributed by atoms with van der Waals surface area (Å²) >= 11 is 1.46. The summed E-state index contributed by atoms with van der Waals surface area (Å²) < 4.78 is 0. The summed E-state index contributed by atoms with van der Waals surface area (Å²) in [4.78, 5) is 62.3. The highest BCUT2D eigenvalue weighted by atomic mass is 32.2. The normalized spacial score (nSPS) is 18.5. The van der Waals surface area contributed by atoms with Gasteiger partial charge >= 0.3 is 11.9 Å². The molecule has 4 atom stereocenters. The smallest absolute Gasteiger partial charge is 0.326 e. The first kappa shape index (κ1) is 28.7. The first-order valence-electron chi connectivity index (χ1n) is 11.1. The second kappa shape index (κ2) is 14.0. The van der Waals surface area contributed by atoms with Gasteiger partial charge < -0.3 is 31.5 Å². The van der Waals surface area contributed by atoms with Gasteiger partial charge in [0.2, 0.25) is 17.7 Å². The van der Waals surface area contributed by atoms with Crippen molar-refractivity contribution in [2.24, 2.45) is 11.7 Å². The van der Waals surface area contributed by atoms with Crippen LogP contribution in [-0.2, 0) is 24.0 Å². The molecule has 0 aromatic carbocycles. The summed E-state index contributed by atoms with van der Waals surface area (Å²) in [5.74, 6) is -3.33. The molecule has 0 aromatic rings. The number of carboxylic acid groups (broad SMARTS) is 2. The lowest BCUT2D eigenvalue weighted by atomic mass is 10.0. The number of carboxylic acids is 2. The van der Waals surface area contributed by atoms with E-state index < -0.39 is 53.8 Å². The number of nitrogens with one attached hydrogen (secondary N) is 2. The number of nitrogens with zero attached hydrogens (tertiary/aromatic N) is 1. The minimum atomic E-state index is -1.19. The van der Waals surface area contributed by atoms with Gasteiger partial charge in [0, 0.05) is 13.0 Å². The topological polar surface area (TPSA) is 179 Å².